The van der Waals surface area contributed by atoms with E-state index in [-0.39, 0.29) is 5.56 Å². The molecule has 0 saturated carbocycles. The number of alkyl halides is 2. The van der Waals surface area contributed by atoms with Gasteiger partial charge in [-0.1, -0.05) is 77.4 Å². The van der Waals surface area contributed by atoms with Crippen LogP contribution in [0.2, 0.25) is 0 Å². The Kier molecular flexibility index (Phi) is 11.9. The maximum Gasteiger partial charge on any atom is 0.263 e. The molecule has 1 heterocycles. The second-order valence-corrected chi connectivity index (χ2v) is 5.55. The molecule has 0 saturated heterocycles. The van der Waals surface area contributed by atoms with Crippen LogP contribution in [0.4, 0.5) is 8.78 Å². The molecule has 0 aliphatic heterocycles. The standard InChI is InChI=1S/C10H12N2.C8H8F2.2C2H6/c1-7(2)8-3-4-9-10(5-8)12-6-11-9;1-6-3-2-4-7(5-6)8(9)10;2*1-2/h3-7H,1-2H3,(H,11,12);2-5,8H,1H3;2*1-2H3. The van der Waals surface area contributed by atoms with Crippen LogP contribution >= 0.6 is 0 Å². The summed E-state index contributed by atoms with van der Waals surface area (Å²) in [5.74, 6) is 0.581. The Morgan fingerprint density at radius 2 is 1.54 bits per heavy atom. The lowest BCUT2D eigenvalue weighted by Crippen LogP contribution is -1.85. The molecule has 0 unspecified atom stereocenters. The molecule has 0 bridgehead atoms. The van der Waals surface area contributed by atoms with Crippen LogP contribution in [0.25, 0.3) is 11.0 Å². The second-order valence-electron chi connectivity index (χ2n) is 5.55. The number of aryl methyl sites for hydroxylation is 1. The zero-order valence-electron chi connectivity index (χ0n) is 17.0. The van der Waals surface area contributed by atoms with Crippen molar-refractivity contribution in [2.45, 2.75) is 60.8 Å². The zero-order chi connectivity index (χ0) is 20.1. The maximum absolute atomic E-state index is 11.9. The normalized spacial score (nSPS) is 9.65. The molecule has 3 rings (SSSR count). The Bertz CT molecular complexity index is 734. The second kappa shape index (κ2) is 13.0. The largest absolute Gasteiger partial charge is 0.345 e. The molecule has 26 heavy (non-hydrogen) atoms. The van der Waals surface area contributed by atoms with Crippen LogP contribution in [0, 0.1) is 6.92 Å². The van der Waals surface area contributed by atoms with E-state index in [0.717, 1.165) is 16.6 Å². The predicted octanol–water partition coefficient (Wildman–Crippen LogP) is 7.67. The molecule has 0 spiro atoms. The molecule has 0 amide bonds. The zero-order valence-corrected chi connectivity index (χ0v) is 17.0. The monoisotopic (exact) mass is 362 g/mol. The third-order valence-corrected chi connectivity index (χ3v) is 3.41. The van der Waals surface area contributed by atoms with Gasteiger partial charge in [-0.15, -0.1) is 0 Å². The van der Waals surface area contributed by atoms with E-state index in [1.165, 1.54) is 17.7 Å². The maximum atomic E-state index is 11.9. The van der Waals surface area contributed by atoms with Gasteiger partial charge < -0.3 is 4.98 Å². The first kappa shape index (κ1) is 23.8. The van der Waals surface area contributed by atoms with E-state index in [2.05, 4.69) is 42.0 Å². The summed E-state index contributed by atoms with van der Waals surface area (Å²) in [6, 6.07) is 12.7. The number of halogens is 2. The molecule has 3 aromatic rings. The van der Waals surface area contributed by atoms with E-state index in [9.17, 15) is 8.78 Å². The lowest BCUT2D eigenvalue weighted by Gasteiger charge is -2.03. The molecule has 144 valence electrons. The SMILES string of the molecule is CC.CC.CC(C)c1ccc2nc[nH]c2c1.Cc1cccc(C(F)F)c1. The van der Waals surface area contributed by atoms with Gasteiger partial charge in [0.05, 0.1) is 17.4 Å². The number of fused-ring (bicyclic) bond motifs is 1. The van der Waals surface area contributed by atoms with Crippen LogP contribution in [0.3, 0.4) is 0 Å². The number of aromatic nitrogens is 2. The number of hydrogen-bond donors (Lipinski definition) is 1. The minimum absolute atomic E-state index is 0.0972. The Hall–Kier alpha value is -2.23. The highest BCUT2D eigenvalue weighted by molar-refractivity contribution is 5.75. The Morgan fingerprint density at radius 3 is 2.04 bits per heavy atom. The van der Waals surface area contributed by atoms with E-state index in [4.69, 9.17) is 0 Å². The van der Waals surface area contributed by atoms with Gasteiger partial charge in [0.1, 0.15) is 0 Å². The highest BCUT2D eigenvalue weighted by Gasteiger charge is 2.04. The first-order chi connectivity index (χ1) is 12.5. The van der Waals surface area contributed by atoms with Crippen molar-refractivity contribution < 1.29 is 8.78 Å². The third-order valence-electron chi connectivity index (χ3n) is 3.41. The lowest BCUT2D eigenvalue weighted by atomic mass is 10.0. The quantitative estimate of drug-likeness (QED) is 0.498. The van der Waals surface area contributed by atoms with Crippen molar-refractivity contribution in [1.29, 1.82) is 0 Å². The average molecular weight is 363 g/mol. The summed E-state index contributed by atoms with van der Waals surface area (Å²) in [5, 5.41) is 0. The van der Waals surface area contributed by atoms with Gasteiger partial charge in [-0.3, -0.25) is 0 Å². The van der Waals surface area contributed by atoms with Crippen molar-refractivity contribution in [3.8, 4) is 0 Å². The van der Waals surface area contributed by atoms with Crippen molar-refractivity contribution in [1.82, 2.24) is 9.97 Å². The van der Waals surface area contributed by atoms with Crippen molar-refractivity contribution in [3.05, 3.63) is 65.5 Å². The van der Waals surface area contributed by atoms with Gasteiger partial charge in [0, 0.05) is 5.56 Å². The Balaban J connectivity index is 0.000000409. The molecule has 0 aliphatic rings. The molecule has 0 radical (unpaired) electrons. The van der Waals surface area contributed by atoms with Gasteiger partial charge in [-0.05, 0) is 30.5 Å². The smallest absolute Gasteiger partial charge is 0.263 e. The summed E-state index contributed by atoms with van der Waals surface area (Å²) in [6.45, 7) is 14.2. The first-order valence-corrected chi connectivity index (χ1v) is 9.25. The number of rotatable bonds is 2. The molecule has 0 fully saturated rings. The van der Waals surface area contributed by atoms with Crippen LogP contribution < -0.4 is 0 Å². The van der Waals surface area contributed by atoms with E-state index < -0.39 is 6.43 Å². The first-order valence-electron chi connectivity index (χ1n) is 9.25. The van der Waals surface area contributed by atoms with E-state index in [1.807, 2.05) is 27.7 Å². The molecular formula is C22H32F2N2. The van der Waals surface area contributed by atoms with Crippen LogP contribution in [0.5, 0.6) is 0 Å². The Labute approximate surface area is 156 Å². The summed E-state index contributed by atoms with van der Waals surface area (Å²) in [5.41, 5.74) is 4.49. The van der Waals surface area contributed by atoms with Gasteiger partial charge in [0.15, 0.2) is 0 Å². The van der Waals surface area contributed by atoms with Crippen molar-refractivity contribution in [3.63, 3.8) is 0 Å². The lowest BCUT2D eigenvalue weighted by molar-refractivity contribution is 0.151. The molecule has 0 aliphatic carbocycles. The predicted molar refractivity (Wildman–Crippen MR) is 109 cm³/mol. The van der Waals surface area contributed by atoms with Crippen molar-refractivity contribution in [2.24, 2.45) is 0 Å². The Morgan fingerprint density at radius 1 is 0.885 bits per heavy atom. The van der Waals surface area contributed by atoms with Gasteiger partial charge in [-0.2, -0.15) is 0 Å². The molecule has 1 aromatic heterocycles. The van der Waals surface area contributed by atoms with Gasteiger partial charge >= 0.3 is 0 Å². The molecular weight excluding hydrogens is 330 g/mol. The fourth-order valence-corrected chi connectivity index (χ4v) is 2.12. The number of nitrogens with zero attached hydrogens (tertiary/aromatic N) is 1. The third kappa shape index (κ3) is 7.77. The number of imidazole rings is 1. The van der Waals surface area contributed by atoms with Crippen molar-refractivity contribution >= 4 is 11.0 Å². The number of hydrogen-bond acceptors (Lipinski definition) is 1. The fraction of sp³-hybridized carbons (Fsp3) is 0.409. The summed E-state index contributed by atoms with van der Waals surface area (Å²) >= 11 is 0. The minimum atomic E-state index is -2.35. The average Bonchev–Trinajstić information content (AvgIpc) is 3.13. The van der Waals surface area contributed by atoms with E-state index in [0.29, 0.717) is 5.92 Å². The van der Waals surface area contributed by atoms with Crippen LogP contribution in [0.15, 0.2) is 48.8 Å². The van der Waals surface area contributed by atoms with Gasteiger partial charge in [0.25, 0.3) is 6.43 Å². The van der Waals surface area contributed by atoms with Gasteiger partial charge in [-0.25, -0.2) is 13.8 Å². The van der Waals surface area contributed by atoms with Crippen LogP contribution in [-0.2, 0) is 0 Å². The number of H-pyrrole nitrogens is 1. The number of benzene rings is 2. The topological polar surface area (TPSA) is 28.7 Å². The van der Waals surface area contributed by atoms with Gasteiger partial charge in [0.2, 0.25) is 0 Å². The number of aromatic amines is 1. The summed E-state index contributed by atoms with van der Waals surface area (Å²) in [6.07, 6.45) is -0.616. The van der Waals surface area contributed by atoms with Crippen LogP contribution in [-0.4, -0.2) is 9.97 Å². The van der Waals surface area contributed by atoms with Crippen molar-refractivity contribution in [2.75, 3.05) is 0 Å². The molecule has 4 heteroatoms. The highest BCUT2D eigenvalue weighted by Crippen LogP contribution is 2.19. The highest BCUT2D eigenvalue weighted by atomic mass is 19.3. The fourth-order valence-electron chi connectivity index (χ4n) is 2.12. The molecule has 0 atom stereocenters. The summed E-state index contributed by atoms with van der Waals surface area (Å²) in [7, 11) is 0. The van der Waals surface area contributed by atoms with Crippen LogP contribution in [0.1, 0.15) is 70.6 Å². The summed E-state index contributed by atoms with van der Waals surface area (Å²) in [4.78, 5) is 7.27. The van der Waals surface area contributed by atoms with E-state index in [1.54, 1.807) is 25.4 Å². The molecule has 2 nitrogen and oxygen atoms in total. The molecule has 2 aromatic carbocycles. The summed E-state index contributed by atoms with van der Waals surface area (Å²) < 4.78 is 23.9. The minimum Gasteiger partial charge on any atom is -0.345 e. The van der Waals surface area contributed by atoms with E-state index >= 15 is 0 Å². The number of nitrogens with one attached hydrogen (secondary N) is 1. The molecule has 1 N–H and O–H groups in total.